The van der Waals surface area contributed by atoms with Crippen molar-refractivity contribution in [3.05, 3.63) is 0 Å². The highest BCUT2D eigenvalue weighted by Crippen LogP contribution is 1.91. The molecule has 0 spiro atoms. The van der Waals surface area contributed by atoms with Gasteiger partial charge in [0.25, 0.3) is 0 Å². The number of rotatable bonds is 3. The van der Waals surface area contributed by atoms with Gasteiger partial charge in [0.15, 0.2) is 0 Å². The van der Waals surface area contributed by atoms with Crippen LogP contribution in [0.2, 0.25) is 0 Å². The highest BCUT2D eigenvalue weighted by Gasteiger charge is 2.10. The van der Waals surface area contributed by atoms with Crippen molar-refractivity contribution in [1.82, 2.24) is 0 Å². The molecule has 0 aromatic heterocycles. The summed E-state index contributed by atoms with van der Waals surface area (Å²) in [6.45, 7) is 0. The Morgan fingerprint density at radius 1 is 1.89 bits per heavy atom. The van der Waals surface area contributed by atoms with Gasteiger partial charge < -0.3 is 10.5 Å². The number of esters is 1. The smallest absolute Gasteiger partial charge is 0.322 e. The molecule has 0 rings (SSSR count). The van der Waals surface area contributed by atoms with Crippen molar-refractivity contribution in [2.24, 2.45) is 5.73 Å². The van der Waals surface area contributed by atoms with E-state index in [4.69, 9.17) is 5.73 Å². The number of ether oxygens (including phenoxy) is 1. The summed E-state index contributed by atoms with van der Waals surface area (Å²) >= 11 is 3.91. The van der Waals surface area contributed by atoms with Crippen LogP contribution in [0.4, 0.5) is 0 Å². The molecular formula is C5H11NO2S. The van der Waals surface area contributed by atoms with Crippen LogP contribution in [0.3, 0.4) is 0 Å². The van der Waals surface area contributed by atoms with Crippen molar-refractivity contribution in [1.29, 1.82) is 0 Å². The molecule has 0 radical (unpaired) electrons. The molecule has 0 aromatic rings. The molecule has 4 heteroatoms. The Kier molecular flexibility index (Phi) is 4.53. The minimum absolute atomic E-state index is 0.371. The Morgan fingerprint density at radius 3 is 2.78 bits per heavy atom. The van der Waals surface area contributed by atoms with Crippen molar-refractivity contribution < 1.29 is 9.53 Å². The zero-order valence-corrected chi connectivity index (χ0v) is 6.23. The molecule has 0 heterocycles. The predicted molar refractivity (Wildman–Crippen MR) is 38.5 cm³/mol. The number of carbonyl (C=O) groups excluding carboxylic acids is 1. The van der Waals surface area contributed by atoms with Crippen LogP contribution in [0.1, 0.15) is 6.42 Å². The van der Waals surface area contributed by atoms with Crippen LogP contribution < -0.4 is 5.73 Å². The Hall–Kier alpha value is -0.220. The van der Waals surface area contributed by atoms with Gasteiger partial charge in [-0.05, 0) is 12.2 Å². The number of thiol groups is 1. The lowest BCUT2D eigenvalue weighted by Crippen LogP contribution is -2.31. The SMILES string of the molecule is COC(=O)[C@@H](N)CCS. The van der Waals surface area contributed by atoms with Crippen LogP contribution in [0.5, 0.6) is 0 Å². The van der Waals surface area contributed by atoms with Gasteiger partial charge in [0, 0.05) is 0 Å². The van der Waals surface area contributed by atoms with Crippen molar-refractivity contribution in [2.45, 2.75) is 12.5 Å². The summed E-state index contributed by atoms with van der Waals surface area (Å²) in [4.78, 5) is 10.5. The molecule has 0 amide bonds. The average molecular weight is 149 g/mol. The van der Waals surface area contributed by atoms with E-state index in [1.54, 1.807) is 0 Å². The average Bonchev–Trinajstić information content (AvgIpc) is 1.87. The molecule has 0 fully saturated rings. The van der Waals surface area contributed by atoms with Gasteiger partial charge in [0.05, 0.1) is 7.11 Å². The lowest BCUT2D eigenvalue weighted by molar-refractivity contribution is -0.142. The largest absolute Gasteiger partial charge is 0.468 e. The van der Waals surface area contributed by atoms with Gasteiger partial charge in [-0.3, -0.25) is 4.79 Å². The summed E-state index contributed by atoms with van der Waals surface area (Å²) in [5.74, 6) is 0.236. The summed E-state index contributed by atoms with van der Waals surface area (Å²) in [5.41, 5.74) is 5.31. The van der Waals surface area contributed by atoms with E-state index in [0.29, 0.717) is 12.2 Å². The Balaban J connectivity index is 3.45. The van der Waals surface area contributed by atoms with E-state index in [2.05, 4.69) is 17.4 Å². The van der Waals surface area contributed by atoms with E-state index in [9.17, 15) is 4.79 Å². The van der Waals surface area contributed by atoms with Crippen molar-refractivity contribution in [3.63, 3.8) is 0 Å². The van der Waals surface area contributed by atoms with Crippen molar-refractivity contribution >= 4 is 18.6 Å². The lowest BCUT2D eigenvalue weighted by atomic mass is 10.2. The third-order valence-corrected chi connectivity index (χ3v) is 1.20. The first-order chi connectivity index (χ1) is 4.22. The summed E-state index contributed by atoms with van der Waals surface area (Å²) in [6.07, 6.45) is 0.565. The lowest BCUT2D eigenvalue weighted by Gasteiger charge is -2.05. The molecule has 54 valence electrons. The highest BCUT2D eigenvalue weighted by molar-refractivity contribution is 7.80. The number of hydrogen-bond acceptors (Lipinski definition) is 4. The number of hydrogen-bond donors (Lipinski definition) is 2. The second-order valence-electron chi connectivity index (χ2n) is 1.64. The van der Waals surface area contributed by atoms with Crippen LogP contribution >= 0.6 is 12.6 Å². The molecule has 3 nitrogen and oxygen atoms in total. The van der Waals surface area contributed by atoms with E-state index in [1.807, 2.05) is 0 Å². The van der Waals surface area contributed by atoms with Gasteiger partial charge in [-0.1, -0.05) is 0 Å². The second-order valence-corrected chi connectivity index (χ2v) is 2.09. The zero-order chi connectivity index (χ0) is 7.28. The molecule has 0 aromatic carbocycles. The Morgan fingerprint density at radius 2 is 2.44 bits per heavy atom. The molecule has 0 aliphatic rings. The maximum atomic E-state index is 10.5. The first-order valence-electron chi connectivity index (χ1n) is 2.66. The van der Waals surface area contributed by atoms with E-state index in [-0.39, 0.29) is 5.97 Å². The molecule has 2 N–H and O–H groups in total. The van der Waals surface area contributed by atoms with Gasteiger partial charge in [-0.2, -0.15) is 12.6 Å². The van der Waals surface area contributed by atoms with Gasteiger partial charge in [-0.15, -0.1) is 0 Å². The molecule has 0 aliphatic carbocycles. The van der Waals surface area contributed by atoms with Crippen LogP contribution in [-0.4, -0.2) is 24.9 Å². The molecule has 0 saturated heterocycles. The van der Waals surface area contributed by atoms with Gasteiger partial charge in [-0.25, -0.2) is 0 Å². The molecule has 0 saturated carbocycles. The van der Waals surface area contributed by atoms with E-state index >= 15 is 0 Å². The Labute approximate surface area is 60.0 Å². The molecule has 0 aliphatic heterocycles. The van der Waals surface area contributed by atoms with Gasteiger partial charge in [0.2, 0.25) is 0 Å². The van der Waals surface area contributed by atoms with E-state index < -0.39 is 6.04 Å². The zero-order valence-electron chi connectivity index (χ0n) is 5.33. The highest BCUT2D eigenvalue weighted by atomic mass is 32.1. The molecule has 0 bridgehead atoms. The molecule has 0 unspecified atom stereocenters. The third kappa shape index (κ3) is 3.37. The summed E-state index contributed by atoms with van der Waals surface area (Å²) in [5, 5.41) is 0. The standard InChI is InChI=1S/C5H11NO2S/c1-8-5(7)4(6)2-3-9/h4,9H,2-3,6H2,1H3/t4-/m0/s1. The van der Waals surface area contributed by atoms with Crippen molar-refractivity contribution in [3.8, 4) is 0 Å². The van der Waals surface area contributed by atoms with Crippen LogP contribution in [0, 0.1) is 0 Å². The number of nitrogens with two attached hydrogens (primary N) is 1. The van der Waals surface area contributed by atoms with E-state index in [1.165, 1.54) is 7.11 Å². The minimum Gasteiger partial charge on any atom is -0.468 e. The monoisotopic (exact) mass is 149 g/mol. The quantitative estimate of drug-likeness (QED) is 0.432. The topological polar surface area (TPSA) is 52.3 Å². The first-order valence-corrected chi connectivity index (χ1v) is 3.30. The number of carbonyl (C=O) groups is 1. The first kappa shape index (κ1) is 8.78. The van der Waals surface area contributed by atoms with Gasteiger partial charge in [0.1, 0.15) is 6.04 Å². The fraction of sp³-hybridized carbons (Fsp3) is 0.800. The summed E-state index contributed by atoms with van der Waals surface area (Å²) in [6, 6.07) is -0.507. The molecule has 1 atom stereocenters. The summed E-state index contributed by atoms with van der Waals surface area (Å²) < 4.78 is 4.37. The van der Waals surface area contributed by atoms with Crippen LogP contribution in [-0.2, 0) is 9.53 Å². The van der Waals surface area contributed by atoms with Crippen molar-refractivity contribution in [2.75, 3.05) is 12.9 Å². The summed E-state index contributed by atoms with van der Waals surface area (Å²) in [7, 11) is 1.32. The minimum atomic E-state index is -0.507. The molecule has 9 heavy (non-hydrogen) atoms. The van der Waals surface area contributed by atoms with Crippen LogP contribution in [0.25, 0.3) is 0 Å². The molecular weight excluding hydrogens is 138 g/mol. The third-order valence-electron chi connectivity index (χ3n) is 0.944. The van der Waals surface area contributed by atoms with Crippen LogP contribution in [0.15, 0.2) is 0 Å². The fourth-order valence-corrected chi connectivity index (χ4v) is 0.686. The normalized spacial score (nSPS) is 12.8. The second kappa shape index (κ2) is 4.64. The Bertz CT molecular complexity index is 97.0. The predicted octanol–water partition coefficient (Wildman–Crippen LogP) is -0.193. The fourth-order valence-electron chi connectivity index (χ4n) is 0.408. The maximum absolute atomic E-state index is 10.5. The van der Waals surface area contributed by atoms with Gasteiger partial charge >= 0.3 is 5.97 Å². The maximum Gasteiger partial charge on any atom is 0.322 e. The van der Waals surface area contributed by atoms with E-state index in [0.717, 1.165) is 0 Å². The number of methoxy groups -OCH3 is 1.